The molecule has 1 aliphatic carbocycles. The van der Waals surface area contributed by atoms with E-state index in [4.69, 9.17) is 0 Å². The predicted octanol–water partition coefficient (Wildman–Crippen LogP) is 1.44. The second-order valence-corrected chi connectivity index (χ2v) is 5.51. The van der Waals surface area contributed by atoms with E-state index in [2.05, 4.69) is 27.1 Å². The molecule has 2 unspecified atom stereocenters. The molecule has 4 nitrogen and oxygen atoms in total. The molecular weight excluding hydrogens is 224 g/mol. The minimum Gasteiger partial charge on any atom is -0.311 e. The van der Waals surface area contributed by atoms with Gasteiger partial charge in [0.25, 0.3) is 0 Å². The Balaban J connectivity index is 1.69. The smallest absolute Gasteiger partial charge is 0.142 e. The van der Waals surface area contributed by atoms with Crippen molar-refractivity contribution in [3.8, 4) is 0 Å². The van der Waals surface area contributed by atoms with E-state index in [1.54, 1.807) is 0 Å². The first-order chi connectivity index (χ1) is 8.86. The largest absolute Gasteiger partial charge is 0.311 e. The van der Waals surface area contributed by atoms with Gasteiger partial charge in [0.2, 0.25) is 0 Å². The number of hydrogen-bond donors (Lipinski definition) is 1. The molecule has 1 N–H and O–H groups in total. The average molecular weight is 246 g/mol. The van der Waals surface area contributed by atoms with Crippen LogP contribution in [0.3, 0.4) is 0 Å². The molecular formula is C14H22N4. The highest BCUT2D eigenvalue weighted by Gasteiger charge is 2.38. The maximum Gasteiger partial charge on any atom is 0.142 e. The lowest BCUT2D eigenvalue weighted by atomic mass is 10.0. The van der Waals surface area contributed by atoms with E-state index in [9.17, 15) is 0 Å². The molecule has 2 heterocycles. The third kappa shape index (κ3) is 2.70. The third-order valence-corrected chi connectivity index (χ3v) is 4.16. The van der Waals surface area contributed by atoms with Crippen molar-refractivity contribution in [3.05, 3.63) is 24.3 Å². The zero-order valence-electron chi connectivity index (χ0n) is 11.0. The van der Waals surface area contributed by atoms with E-state index in [-0.39, 0.29) is 0 Å². The topological polar surface area (TPSA) is 41.1 Å². The Morgan fingerprint density at radius 2 is 2.11 bits per heavy atom. The summed E-state index contributed by atoms with van der Waals surface area (Å²) in [5.41, 5.74) is 0. The quantitative estimate of drug-likeness (QED) is 0.873. The van der Waals surface area contributed by atoms with Gasteiger partial charge in [-0.3, -0.25) is 4.90 Å². The van der Waals surface area contributed by atoms with E-state index >= 15 is 0 Å². The monoisotopic (exact) mass is 246 g/mol. The molecule has 2 aliphatic rings. The summed E-state index contributed by atoms with van der Waals surface area (Å²) >= 11 is 0. The fourth-order valence-corrected chi connectivity index (χ4v) is 2.89. The molecule has 0 bridgehead atoms. The standard InChI is InChI=1S/C14H22N4/c1-2-12-9-18(10-14-15-6-3-7-16-14)13(8-17-12)11-4-5-11/h3,6-7,11-13,17H,2,4-5,8-10H2,1H3. The maximum absolute atomic E-state index is 4.36. The second-order valence-electron chi connectivity index (χ2n) is 5.51. The van der Waals surface area contributed by atoms with Gasteiger partial charge in [-0.1, -0.05) is 6.92 Å². The van der Waals surface area contributed by atoms with Crippen LogP contribution < -0.4 is 5.32 Å². The second kappa shape index (κ2) is 5.33. The van der Waals surface area contributed by atoms with E-state index in [1.165, 1.54) is 19.3 Å². The Morgan fingerprint density at radius 3 is 2.78 bits per heavy atom. The fourth-order valence-electron chi connectivity index (χ4n) is 2.89. The van der Waals surface area contributed by atoms with Gasteiger partial charge in [-0.25, -0.2) is 9.97 Å². The molecule has 0 radical (unpaired) electrons. The van der Waals surface area contributed by atoms with Gasteiger partial charge in [-0.2, -0.15) is 0 Å². The Kier molecular flexibility index (Phi) is 3.57. The van der Waals surface area contributed by atoms with Gasteiger partial charge in [0.05, 0.1) is 6.54 Å². The molecule has 3 rings (SSSR count). The van der Waals surface area contributed by atoms with Crippen LogP contribution in [0.15, 0.2) is 18.5 Å². The highest BCUT2D eigenvalue weighted by Crippen LogP contribution is 2.36. The molecule has 1 saturated carbocycles. The molecule has 2 atom stereocenters. The van der Waals surface area contributed by atoms with Crippen molar-refractivity contribution in [1.29, 1.82) is 0 Å². The summed E-state index contributed by atoms with van der Waals surface area (Å²) in [6.07, 6.45) is 7.68. The van der Waals surface area contributed by atoms with E-state index in [0.29, 0.717) is 12.1 Å². The fraction of sp³-hybridized carbons (Fsp3) is 0.714. The summed E-state index contributed by atoms with van der Waals surface area (Å²) in [6.45, 7) is 5.43. The van der Waals surface area contributed by atoms with Crippen molar-refractivity contribution in [2.45, 2.75) is 44.8 Å². The van der Waals surface area contributed by atoms with Gasteiger partial charge in [0.15, 0.2) is 0 Å². The molecule has 0 spiro atoms. The average Bonchev–Trinajstić information content (AvgIpc) is 3.24. The first-order valence-corrected chi connectivity index (χ1v) is 7.10. The van der Waals surface area contributed by atoms with Crippen LogP contribution >= 0.6 is 0 Å². The first kappa shape index (κ1) is 12.1. The molecule has 18 heavy (non-hydrogen) atoms. The van der Waals surface area contributed by atoms with Crippen molar-refractivity contribution in [1.82, 2.24) is 20.2 Å². The van der Waals surface area contributed by atoms with Crippen LogP contribution in [0.5, 0.6) is 0 Å². The summed E-state index contributed by atoms with van der Waals surface area (Å²) in [7, 11) is 0. The lowest BCUT2D eigenvalue weighted by molar-refractivity contribution is 0.103. The number of aromatic nitrogens is 2. The van der Waals surface area contributed by atoms with Crippen molar-refractivity contribution in [3.63, 3.8) is 0 Å². The van der Waals surface area contributed by atoms with E-state index in [0.717, 1.165) is 31.4 Å². The molecule has 1 aromatic rings. The van der Waals surface area contributed by atoms with Gasteiger partial charge in [0.1, 0.15) is 5.82 Å². The zero-order chi connectivity index (χ0) is 12.4. The van der Waals surface area contributed by atoms with E-state index in [1.807, 2.05) is 18.5 Å². The summed E-state index contributed by atoms with van der Waals surface area (Å²) in [4.78, 5) is 11.3. The van der Waals surface area contributed by atoms with Gasteiger partial charge < -0.3 is 5.32 Å². The number of piperazine rings is 1. The first-order valence-electron chi connectivity index (χ1n) is 7.10. The number of nitrogens with zero attached hydrogens (tertiary/aromatic N) is 3. The molecule has 1 aromatic heterocycles. The third-order valence-electron chi connectivity index (χ3n) is 4.16. The molecule has 1 aliphatic heterocycles. The molecule has 98 valence electrons. The number of nitrogens with one attached hydrogen (secondary N) is 1. The normalized spacial score (nSPS) is 29.4. The Bertz CT molecular complexity index is 377. The van der Waals surface area contributed by atoms with Gasteiger partial charge in [0, 0.05) is 37.6 Å². The highest BCUT2D eigenvalue weighted by molar-refractivity contribution is 4.97. The predicted molar refractivity (Wildman–Crippen MR) is 71.0 cm³/mol. The summed E-state index contributed by atoms with van der Waals surface area (Å²) in [5, 5.41) is 3.67. The van der Waals surface area contributed by atoms with Gasteiger partial charge in [-0.05, 0) is 31.2 Å². The van der Waals surface area contributed by atoms with Gasteiger partial charge >= 0.3 is 0 Å². The number of rotatable bonds is 4. The van der Waals surface area contributed by atoms with Crippen molar-refractivity contribution < 1.29 is 0 Å². The minimum atomic E-state index is 0.628. The van der Waals surface area contributed by atoms with Crippen LogP contribution in [0.2, 0.25) is 0 Å². The molecule has 1 saturated heterocycles. The molecule has 2 fully saturated rings. The van der Waals surface area contributed by atoms with Crippen LogP contribution in [-0.4, -0.2) is 40.0 Å². The van der Waals surface area contributed by atoms with Crippen LogP contribution in [0.4, 0.5) is 0 Å². The molecule has 4 heteroatoms. The summed E-state index contributed by atoms with van der Waals surface area (Å²) < 4.78 is 0. The molecule has 0 amide bonds. The maximum atomic E-state index is 4.36. The van der Waals surface area contributed by atoms with Gasteiger partial charge in [-0.15, -0.1) is 0 Å². The van der Waals surface area contributed by atoms with Crippen LogP contribution in [0.25, 0.3) is 0 Å². The van der Waals surface area contributed by atoms with Crippen molar-refractivity contribution >= 4 is 0 Å². The Hall–Kier alpha value is -1.00. The SMILES string of the molecule is CCC1CN(Cc2ncccn2)C(C2CC2)CN1. The Labute approximate surface area is 109 Å². The Morgan fingerprint density at radius 1 is 1.33 bits per heavy atom. The minimum absolute atomic E-state index is 0.628. The lowest BCUT2D eigenvalue weighted by Gasteiger charge is -2.40. The lowest BCUT2D eigenvalue weighted by Crippen LogP contribution is -2.56. The van der Waals surface area contributed by atoms with Crippen LogP contribution in [-0.2, 0) is 6.54 Å². The summed E-state index contributed by atoms with van der Waals surface area (Å²) in [6, 6.07) is 3.20. The molecule has 0 aromatic carbocycles. The highest BCUT2D eigenvalue weighted by atomic mass is 15.2. The summed E-state index contributed by atoms with van der Waals surface area (Å²) in [5.74, 6) is 1.86. The van der Waals surface area contributed by atoms with Crippen molar-refractivity contribution in [2.75, 3.05) is 13.1 Å². The number of hydrogen-bond acceptors (Lipinski definition) is 4. The van der Waals surface area contributed by atoms with Crippen molar-refractivity contribution in [2.24, 2.45) is 5.92 Å². The van der Waals surface area contributed by atoms with E-state index < -0.39 is 0 Å². The van der Waals surface area contributed by atoms with Crippen LogP contribution in [0.1, 0.15) is 32.0 Å². The zero-order valence-corrected chi connectivity index (χ0v) is 11.0. The van der Waals surface area contributed by atoms with Crippen LogP contribution in [0, 0.1) is 5.92 Å².